The van der Waals surface area contributed by atoms with Crippen LogP contribution in [0.2, 0.25) is 0 Å². The number of benzene rings is 1. The van der Waals surface area contributed by atoms with Crippen molar-refractivity contribution in [1.29, 1.82) is 0 Å². The van der Waals surface area contributed by atoms with Crippen LogP contribution in [0.25, 0.3) is 11.1 Å². The number of halogens is 2. The summed E-state index contributed by atoms with van der Waals surface area (Å²) in [4.78, 5) is 5.70. The summed E-state index contributed by atoms with van der Waals surface area (Å²) in [5.74, 6) is -0.901. The molecule has 0 atom stereocenters. The van der Waals surface area contributed by atoms with Gasteiger partial charge < -0.3 is 4.74 Å². The Balaban J connectivity index is 2.00. The first-order valence-corrected chi connectivity index (χ1v) is 7.38. The Morgan fingerprint density at radius 2 is 2.00 bits per heavy atom. The molecule has 0 N–H and O–H groups in total. The van der Waals surface area contributed by atoms with Gasteiger partial charge in [-0.05, 0) is 48.4 Å². The Morgan fingerprint density at radius 3 is 2.67 bits per heavy atom. The maximum Gasteiger partial charge on any atom is 0.221 e. The molecule has 0 radical (unpaired) electrons. The van der Waals surface area contributed by atoms with Crippen molar-refractivity contribution in [2.75, 3.05) is 6.61 Å². The predicted molar refractivity (Wildman–Crippen MR) is 82.4 cm³/mol. The first-order valence-electron chi connectivity index (χ1n) is 7.38. The van der Waals surface area contributed by atoms with Crippen molar-refractivity contribution >= 4 is 0 Å². The van der Waals surface area contributed by atoms with E-state index >= 15 is 0 Å². The lowest BCUT2D eigenvalue weighted by Gasteiger charge is -2.11. The third kappa shape index (κ3) is 3.37. The second-order valence-corrected chi connectivity index (χ2v) is 5.13. The summed E-state index contributed by atoms with van der Waals surface area (Å²) in [6, 6.07) is 5.48. The average Bonchev–Trinajstić information content (AvgIpc) is 2.97. The summed E-state index contributed by atoms with van der Waals surface area (Å²) in [5.41, 5.74) is 1.84. The fourth-order valence-electron chi connectivity index (χ4n) is 2.26. The minimum Gasteiger partial charge on any atom is -0.478 e. The Kier molecular flexibility index (Phi) is 4.45. The molecule has 0 aliphatic carbocycles. The molecule has 0 amide bonds. The van der Waals surface area contributed by atoms with Crippen LogP contribution < -0.4 is 4.74 Å². The number of tetrazole rings is 1. The number of hydrogen-bond acceptors (Lipinski definition) is 5. The Morgan fingerprint density at radius 1 is 1.17 bits per heavy atom. The van der Waals surface area contributed by atoms with Crippen LogP contribution in [0, 0.1) is 18.6 Å². The Hall–Kier alpha value is -2.90. The van der Waals surface area contributed by atoms with Crippen LogP contribution in [-0.2, 0) is 6.54 Å². The fraction of sp³-hybridized carbons (Fsp3) is 0.250. The molecule has 0 bridgehead atoms. The molecule has 2 heterocycles. The van der Waals surface area contributed by atoms with Crippen LogP contribution in [0.3, 0.4) is 0 Å². The predicted octanol–water partition coefficient (Wildman–Crippen LogP) is 2.77. The molecule has 0 unspecified atom stereocenters. The van der Waals surface area contributed by atoms with Gasteiger partial charge in [-0.15, -0.1) is 10.2 Å². The lowest BCUT2D eigenvalue weighted by molar-refractivity contribution is 0.328. The van der Waals surface area contributed by atoms with Gasteiger partial charge in [-0.25, -0.2) is 13.8 Å². The SMILES string of the molecule is CCOc1ncc(Cn2nnc(C)n2)cc1-c1ccc(F)c(F)c1. The first kappa shape index (κ1) is 16.0. The van der Waals surface area contributed by atoms with Crippen molar-refractivity contribution in [2.24, 2.45) is 0 Å². The number of hydrogen-bond donors (Lipinski definition) is 0. The standard InChI is InChI=1S/C16H15F2N5O/c1-3-24-16-13(12-4-5-14(17)15(18)7-12)6-11(8-19-16)9-23-21-10(2)20-22-23/h4-8H,3,9H2,1-2H3. The van der Waals surface area contributed by atoms with Crippen LogP contribution in [0.15, 0.2) is 30.5 Å². The molecule has 8 heteroatoms. The monoisotopic (exact) mass is 331 g/mol. The number of aromatic nitrogens is 5. The first-order chi connectivity index (χ1) is 11.6. The largest absolute Gasteiger partial charge is 0.478 e. The van der Waals surface area contributed by atoms with Crippen molar-refractivity contribution in [3.05, 3.63) is 53.5 Å². The Labute approximate surface area is 137 Å². The maximum absolute atomic E-state index is 13.6. The van der Waals surface area contributed by atoms with E-state index < -0.39 is 11.6 Å². The number of ether oxygens (including phenoxy) is 1. The second-order valence-electron chi connectivity index (χ2n) is 5.13. The topological polar surface area (TPSA) is 65.7 Å². The molecule has 1 aromatic carbocycles. The van der Waals surface area contributed by atoms with Crippen molar-refractivity contribution in [3.63, 3.8) is 0 Å². The third-order valence-electron chi connectivity index (χ3n) is 3.30. The zero-order valence-electron chi connectivity index (χ0n) is 13.2. The van der Waals surface area contributed by atoms with Crippen molar-refractivity contribution < 1.29 is 13.5 Å². The summed E-state index contributed by atoms with van der Waals surface area (Å²) < 4.78 is 32.2. The molecular weight excluding hydrogens is 316 g/mol. The molecule has 24 heavy (non-hydrogen) atoms. The van der Waals surface area contributed by atoms with E-state index in [1.165, 1.54) is 10.9 Å². The van der Waals surface area contributed by atoms with E-state index in [-0.39, 0.29) is 0 Å². The molecule has 124 valence electrons. The normalized spacial score (nSPS) is 10.8. The van der Waals surface area contributed by atoms with E-state index in [0.717, 1.165) is 17.7 Å². The van der Waals surface area contributed by atoms with E-state index in [1.807, 2.05) is 6.92 Å². The van der Waals surface area contributed by atoms with Gasteiger partial charge in [0.25, 0.3) is 0 Å². The van der Waals surface area contributed by atoms with Gasteiger partial charge >= 0.3 is 0 Å². The van der Waals surface area contributed by atoms with E-state index in [9.17, 15) is 8.78 Å². The average molecular weight is 331 g/mol. The van der Waals surface area contributed by atoms with E-state index in [1.54, 1.807) is 19.2 Å². The van der Waals surface area contributed by atoms with Gasteiger partial charge in [-0.1, -0.05) is 6.07 Å². The van der Waals surface area contributed by atoms with E-state index in [4.69, 9.17) is 4.74 Å². The second kappa shape index (κ2) is 6.69. The van der Waals surface area contributed by atoms with Gasteiger partial charge in [-0.2, -0.15) is 4.80 Å². The van der Waals surface area contributed by atoms with Gasteiger partial charge in [0.05, 0.1) is 13.2 Å². The van der Waals surface area contributed by atoms with Gasteiger partial charge in [0.15, 0.2) is 17.5 Å². The summed E-state index contributed by atoms with van der Waals surface area (Å²) in [6.45, 7) is 4.34. The van der Waals surface area contributed by atoms with Crippen LogP contribution in [0.5, 0.6) is 5.88 Å². The van der Waals surface area contributed by atoms with Crippen molar-refractivity contribution in [2.45, 2.75) is 20.4 Å². The molecule has 6 nitrogen and oxygen atoms in total. The highest BCUT2D eigenvalue weighted by Crippen LogP contribution is 2.30. The van der Waals surface area contributed by atoms with Crippen molar-refractivity contribution in [3.8, 4) is 17.0 Å². The molecular formula is C16H15F2N5O. The van der Waals surface area contributed by atoms with Crippen LogP contribution in [0.4, 0.5) is 8.78 Å². The molecule has 0 aliphatic heterocycles. The lowest BCUT2D eigenvalue weighted by Crippen LogP contribution is -2.06. The number of pyridine rings is 1. The van der Waals surface area contributed by atoms with Crippen LogP contribution >= 0.6 is 0 Å². The lowest BCUT2D eigenvalue weighted by atomic mass is 10.0. The molecule has 3 rings (SSSR count). The van der Waals surface area contributed by atoms with E-state index in [0.29, 0.717) is 36.0 Å². The molecule has 0 spiro atoms. The molecule has 0 fully saturated rings. The summed E-state index contributed by atoms with van der Waals surface area (Å²) in [5, 5.41) is 11.8. The number of rotatable bonds is 5. The van der Waals surface area contributed by atoms with Gasteiger partial charge in [-0.3, -0.25) is 0 Å². The fourth-order valence-corrected chi connectivity index (χ4v) is 2.26. The van der Waals surface area contributed by atoms with Crippen LogP contribution in [0.1, 0.15) is 18.3 Å². The van der Waals surface area contributed by atoms with Crippen molar-refractivity contribution in [1.82, 2.24) is 25.2 Å². The summed E-state index contributed by atoms with van der Waals surface area (Å²) >= 11 is 0. The highest BCUT2D eigenvalue weighted by atomic mass is 19.2. The molecule has 0 aliphatic rings. The number of nitrogens with zero attached hydrogens (tertiary/aromatic N) is 5. The smallest absolute Gasteiger partial charge is 0.221 e. The summed E-state index contributed by atoms with van der Waals surface area (Å²) in [7, 11) is 0. The molecule has 2 aromatic heterocycles. The molecule has 0 saturated carbocycles. The molecule has 0 saturated heterocycles. The Bertz CT molecular complexity index is 865. The highest BCUT2D eigenvalue weighted by Gasteiger charge is 2.13. The quantitative estimate of drug-likeness (QED) is 0.719. The maximum atomic E-state index is 13.6. The van der Waals surface area contributed by atoms with E-state index in [2.05, 4.69) is 20.4 Å². The minimum atomic E-state index is -0.922. The highest BCUT2D eigenvalue weighted by molar-refractivity contribution is 5.69. The zero-order valence-corrected chi connectivity index (χ0v) is 13.2. The van der Waals surface area contributed by atoms with Gasteiger partial charge in [0, 0.05) is 11.8 Å². The zero-order chi connectivity index (χ0) is 17.1. The minimum absolute atomic E-state index is 0.356. The van der Waals surface area contributed by atoms with Gasteiger partial charge in [0.1, 0.15) is 0 Å². The van der Waals surface area contributed by atoms with Crippen LogP contribution in [-0.4, -0.2) is 31.8 Å². The third-order valence-corrected chi connectivity index (χ3v) is 3.30. The van der Waals surface area contributed by atoms with Gasteiger partial charge in [0.2, 0.25) is 5.88 Å². The number of aryl methyl sites for hydroxylation is 1. The molecule has 3 aromatic rings. The summed E-state index contributed by atoms with van der Waals surface area (Å²) in [6.07, 6.45) is 1.63.